The first-order chi connectivity index (χ1) is 15.2. The molecule has 6 heteroatoms. The van der Waals surface area contributed by atoms with Gasteiger partial charge in [0.2, 0.25) is 0 Å². The molecule has 0 saturated carbocycles. The summed E-state index contributed by atoms with van der Waals surface area (Å²) in [4.78, 5) is 17.3. The van der Waals surface area contributed by atoms with Crippen LogP contribution < -0.4 is 0 Å². The largest absolute Gasteiger partial charge is 0.378 e. The predicted octanol–water partition coefficient (Wildman–Crippen LogP) is 5.54. The van der Waals surface area contributed by atoms with Crippen molar-refractivity contribution in [2.75, 3.05) is 26.3 Å². The van der Waals surface area contributed by atoms with Crippen LogP contribution >= 0.6 is 11.3 Å². The van der Waals surface area contributed by atoms with E-state index in [2.05, 4.69) is 53.0 Å². The zero-order valence-corrected chi connectivity index (χ0v) is 18.9. The number of H-pyrrole nitrogens is 1. The minimum absolute atomic E-state index is 0.395. The molecule has 5 heterocycles. The lowest BCUT2D eigenvalue weighted by molar-refractivity contribution is -0.0712. The topological polar surface area (TPSA) is 54.0 Å². The molecule has 2 aliphatic rings. The molecule has 0 bridgehead atoms. The van der Waals surface area contributed by atoms with Crippen LogP contribution in [0.2, 0.25) is 0 Å². The molecular weight excluding hydrogens is 404 g/mol. The van der Waals surface area contributed by atoms with Gasteiger partial charge in [-0.1, -0.05) is 32.0 Å². The van der Waals surface area contributed by atoms with Crippen LogP contribution in [0.25, 0.3) is 32.5 Å². The van der Waals surface area contributed by atoms with E-state index in [-0.39, 0.29) is 0 Å². The highest BCUT2D eigenvalue weighted by Crippen LogP contribution is 2.42. The summed E-state index contributed by atoms with van der Waals surface area (Å²) in [6.45, 7) is 8.70. The Morgan fingerprint density at radius 2 is 1.97 bits per heavy atom. The Morgan fingerprint density at radius 1 is 1.13 bits per heavy atom. The predicted molar refractivity (Wildman–Crippen MR) is 127 cm³/mol. The molecule has 1 N–H and O–H groups in total. The fraction of sp³-hybridized carbons (Fsp3) is 0.440. The number of aromatic amines is 1. The molecule has 0 atom stereocenters. The lowest BCUT2D eigenvalue weighted by Crippen LogP contribution is -2.51. The third-order valence-corrected chi connectivity index (χ3v) is 8.05. The van der Waals surface area contributed by atoms with Gasteiger partial charge in [0.05, 0.1) is 35.5 Å². The maximum absolute atomic E-state index is 5.38. The van der Waals surface area contributed by atoms with Gasteiger partial charge in [-0.15, -0.1) is 11.3 Å². The van der Waals surface area contributed by atoms with E-state index in [1.54, 1.807) is 0 Å². The number of ether oxygens (including phenoxy) is 1. The Hall–Kier alpha value is -2.28. The smallest absolute Gasteiger partial charge is 0.121 e. The molecule has 31 heavy (non-hydrogen) atoms. The number of fused-ring (bicyclic) bond motifs is 2. The van der Waals surface area contributed by atoms with E-state index in [1.165, 1.54) is 50.4 Å². The van der Waals surface area contributed by atoms with E-state index in [0.29, 0.717) is 17.9 Å². The molecule has 160 valence electrons. The zero-order valence-electron chi connectivity index (χ0n) is 18.1. The van der Waals surface area contributed by atoms with Gasteiger partial charge in [-0.3, -0.25) is 9.88 Å². The van der Waals surface area contributed by atoms with Gasteiger partial charge in [0, 0.05) is 28.6 Å². The van der Waals surface area contributed by atoms with Crippen LogP contribution in [0.3, 0.4) is 0 Å². The Bertz CT molecular complexity index is 1230. The molecule has 0 aliphatic carbocycles. The van der Waals surface area contributed by atoms with Crippen molar-refractivity contribution in [3.05, 3.63) is 47.1 Å². The minimum Gasteiger partial charge on any atom is -0.378 e. The Labute approximate surface area is 186 Å². The SMILES string of the molecule is CC(C)c1c(-c2cccc3ncccc23)[nH]c2sc(C3CCN(C4COC4)CC3)nc12. The second-order valence-corrected chi connectivity index (χ2v) is 10.2. The summed E-state index contributed by atoms with van der Waals surface area (Å²) in [7, 11) is 0. The molecule has 2 saturated heterocycles. The van der Waals surface area contributed by atoms with Crippen LogP contribution in [0.5, 0.6) is 0 Å². The molecule has 1 aromatic carbocycles. The standard InChI is InChI=1S/C25H28N4OS/c1-15(2)21-22(19-5-3-7-20-18(19)6-4-10-26-20)27-25-23(21)28-24(31-25)16-8-11-29(12-9-16)17-13-30-14-17/h3-7,10,15-17,27H,8-9,11-14H2,1-2H3. The van der Waals surface area contributed by atoms with Gasteiger partial charge in [-0.25, -0.2) is 4.98 Å². The van der Waals surface area contributed by atoms with E-state index in [4.69, 9.17) is 9.72 Å². The van der Waals surface area contributed by atoms with Crippen molar-refractivity contribution in [2.45, 2.75) is 44.6 Å². The van der Waals surface area contributed by atoms with Crippen molar-refractivity contribution >= 4 is 32.6 Å². The number of aromatic nitrogens is 3. The van der Waals surface area contributed by atoms with Crippen molar-refractivity contribution < 1.29 is 4.74 Å². The lowest BCUT2D eigenvalue weighted by Gasteiger charge is -2.41. The quantitative estimate of drug-likeness (QED) is 0.460. The maximum Gasteiger partial charge on any atom is 0.121 e. The summed E-state index contributed by atoms with van der Waals surface area (Å²) in [5, 5.41) is 2.49. The first-order valence-corrected chi connectivity index (χ1v) is 12.2. The average molecular weight is 433 g/mol. The number of thiazole rings is 1. The molecule has 0 unspecified atom stereocenters. The summed E-state index contributed by atoms with van der Waals surface area (Å²) in [5.41, 5.74) is 5.95. The monoisotopic (exact) mass is 432 g/mol. The van der Waals surface area contributed by atoms with Gasteiger partial charge in [0.1, 0.15) is 10.3 Å². The molecule has 5 nitrogen and oxygen atoms in total. The van der Waals surface area contributed by atoms with Gasteiger partial charge in [0.15, 0.2) is 0 Å². The van der Waals surface area contributed by atoms with Crippen molar-refractivity contribution in [3.8, 4) is 11.3 Å². The molecule has 2 fully saturated rings. The van der Waals surface area contributed by atoms with Crippen LogP contribution in [0, 0.1) is 0 Å². The first kappa shape index (κ1) is 19.4. The highest BCUT2D eigenvalue weighted by atomic mass is 32.1. The maximum atomic E-state index is 5.38. The van der Waals surface area contributed by atoms with E-state index < -0.39 is 0 Å². The number of nitrogens with zero attached hydrogens (tertiary/aromatic N) is 3. The molecule has 0 radical (unpaired) electrons. The number of benzene rings is 1. The highest BCUT2D eigenvalue weighted by molar-refractivity contribution is 7.18. The molecule has 2 aliphatic heterocycles. The van der Waals surface area contributed by atoms with E-state index >= 15 is 0 Å². The Kier molecular flexibility index (Phi) is 4.82. The van der Waals surface area contributed by atoms with Gasteiger partial charge in [0.25, 0.3) is 0 Å². The number of likely N-dealkylation sites (tertiary alicyclic amines) is 1. The summed E-state index contributed by atoms with van der Waals surface area (Å²) in [6.07, 6.45) is 4.26. The fourth-order valence-electron chi connectivity index (χ4n) is 5.12. The van der Waals surface area contributed by atoms with Crippen LogP contribution in [-0.4, -0.2) is 52.2 Å². The van der Waals surface area contributed by atoms with Crippen molar-refractivity contribution in [1.29, 1.82) is 0 Å². The van der Waals surface area contributed by atoms with Gasteiger partial charge < -0.3 is 9.72 Å². The van der Waals surface area contributed by atoms with Crippen LogP contribution in [0.15, 0.2) is 36.5 Å². The van der Waals surface area contributed by atoms with Crippen molar-refractivity contribution in [3.63, 3.8) is 0 Å². The van der Waals surface area contributed by atoms with Crippen LogP contribution in [-0.2, 0) is 4.74 Å². The fourth-order valence-corrected chi connectivity index (χ4v) is 6.27. The Morgan fingerprint density at radius 3 is 2.71 bits per heavy atom. The first-order valence-electron chi connectivity index (χ1n) is 11.4. The zero-order chi connectivity index (χ0) is 20.9. The number of rotatable bonds is 4. The van der Waals surface area contributed by atoms with Crippen LogP contribution in [0.4, 0.5) is 0 Å². The second kappa shape index (κ2) is 7.69. The molecule has 4 aromatic rings. The van der Waals surface area contributed by atoms with E-state index in [9.17, 15) is 0 Å². The summed E-state index contributed by atoms with van der Waals surface area (Å²) >= 11 is 1.86. The summed E-state index contributed by atoms with van der Waals surface area (Å²) < 4.78 is 5.38. The number of hydrogen-bond donors (Lipinski definition) is 1. The van der Waals surface area contributed by atoms with E-state index in [0.717, 1.165) is 31.8 Å². The third-order valence-electron chi connectivity index (χ3n) is 6.91. The van der Waals surface area contributed by atoms with Gasteiger partial charge in [-0.05, 0) is 44.0 Å². The second-order valence-electron chi connectivity index (χ2n) is 9.18. The number of pyridine rings is 1. The summed E-state index contributed by atoms with van der Waals surface area (Å²) in [6, 6.07) is 11.2. The number of piperidine rings is 1. The van der Waals surface area contributed by atoms with Gasteiger partial charge >= 0.3 is 0 Å². The average Bonchev–Trinajstić information content (AvgIpc) is 3.30. The van der Waals surface area contributed by atoms with Crippen molar-refractivity contribution in [1.82, 2.24) is 19.9 Å². The van der Waals surface area contributed by atoms with E-state index in [1.807, 2.05) is 23.6 Å². The molecule has 3 aromatic heterocycles. The highest BCUT2D eigenvalue weighted by Gasteiger charge is 2.31. The third kappa shape index (κ3) is 3.28. The minimum atomic E-state index is 0.395. The Balaban J connectivity index is 1.36. The molecule has 6 rings (SSSR count). The summed E-state index contributed by atoms with van der Waals surface area (Å²) in [5.74, 6) is 0.972. The van der Waals surface area contributed by atoms with Gasteiger partial charge in [-0.2, -0.15) is 0 Å². The van der Waals surface area contributed by atoms with Crippen LogP contribution in [0.1, 0.15) is 49.1 Å². The molecule has 0 spiro atoms. The normalized spacial score (nSPS) is 18.9. The molecule has 0 amide bonds. The lowest BCUT2D eigenvalue weighted by atomic mass is 9.95. The number of nitrogens with one attached hydrogen (secondary N) is 1. The van der Waals surface area contributed by atoms with Crippen molar-refractivity contribution in [2.24, 2.45) is 0 Å². The number of hydrogen-bond acceptors (Lipinski definition) is 5. The molecular formula is C25H28N4OS.